The first-order chi connectivity index (χ1) is 7.66. The van der Waals surface area contributed by atoms with E-state index in [9.17, 15) is 0 Å². The van der Waals surface area contributed by atoms with E-state index in [1.807, 2.05) is 31.2 Å². The molecule has 82 valence electrons. The number of nitrogens with one attached hydrogen (secondary N) is 1. The number of aryl methyl sites for hydroxylation is 1. The Balaban J connectivity index is 2.34. The molecule has 1 aromatic heterocycles. The number of benzene rings is 1. The average molecular weight is 234 g/mol. The number of halogens is 1. The van der Waals surface area contributed by atoms with Crippen LogP contribution in [0.15, 0.2) is 36.5 Å². The van der Waals surface area contributed by atoms with Gasteiger partial charge in [0.2, 0.25) is 0 Å². The summed E-state index contributed by atoms with van der Waals surface area (Å²) >= 11 is 5.82. The van der Waals surface area contributed by atoms with E-state index in [-0.39, 0.29) is 0 Å². The summed E-state index contributed by atoms with van der Waals surface area (Å²) in [6, 6.07) is 9.69. The Morgan fingerprint density at radius 1 is 1.25 bits per heavy atom. The summed E-state index contributed by atoms with van der Waals surface area (Å²) in [6.07, 6.45) is 1.54. The van der Waals surface area contributed by atoms with Crippen LogP contribution in [0.25, 0.3) is 0 Å². The van der Waals surface area contributed by atoms with Gasteiger partial charge in [-0.2, -0.15) is 0 Å². The highest BCUT2D eigenvalue weighted by Crippen LogP contribution is 2.26. The van der Waals surface area contributed by atoms with E-state index in [1.165, 1.54) is 0 Å². The molecular formula is C12H12ClN3. The van der Waals surface area contributed by atoms with Crippen molar-refractivity contribution in [3.8, 4) is 0 Å². The van der Waals surface area contributed by atoms with Crippen molar-refractivity contribution in [1.29, 1.82) is 0 Å². The van der Waals surface area contributed by atoms with Crippen LogP contribution >= 0.6 is 11.6 Å². The van der Waals surface area contributed by atoms with E-state index < -0.39 is 0 Å². The molecule has 3 nitrogen and oxygen atoms in total. The predicted octanol–water partition coefficient (Wildman–Crippen LogP) is 3.37. The maximum atomic E-state index is 5.82. The van der Waals surface area contributed by atoms with E-state index in [0.717, 1.165) is 16.9 Å². The first-order valence-electron chi connectivity index (χ1n) is 4.90. The number of hydrogen-bond donors (Lipinski definition) is 2. The smallest absolute Gasteiger partial charge is 0.131 e. The zero-order chi connectivity index (χ0) is 11.5. The predicted molar refractivity (Wildman–Crippen MR) is 68.1 cm³/mol. The zero-order valence-corrected chi connectivity index (χ0v) is 9.62. The Morgan fingerprint density at radius 2 is 2.00 bits per heavy atom. The quantitative estimate of drug-likeness (QED) is 0.782. The Kier molecular flexibility index (Phi) is 2.97. The van der Waals surface area contributed by atoms with Crippen molar-refractivity contribution < 1.29 is 0 Å². The fourth-order valence-electron chi connectivity index (χ4n) is 1.41. The van der Waals surface area contributed by atoms with Crippen LogP contribution in [-0.4, -0.2) is 4.98 Å². The molecule has 0 unspecified atom stereocenters. The maximum Gasteiger partial charge on any atom is 0.131 e. The Hall–Kier alpha value is -1.74. The summed E-state index contributed by atoms with van der Waals surface area (Å²) < 4.78 is 0. The summed E-state index contributed by atoms with van der Waals surface area (Å²) in [5.74, 6) is 0. The van der Waals surface area contributed by atoms with Crippen LogP contribution in [0, 0.1) is 6.92 Å². The molecule has 0 aliphatic carbocycles. The van der Waals surface area contributed by atoms with Gasteiger partial charge in [-0.3, -0.25) is 0 Å². The van der Waals surface area contributed by atoms with Crippen LogP contribution in [-0.2, 0) is 0 Å². The lowest BCUT2D eigenvalue weighted by Gasteiger charge is -2.11. The van der Waals surface area contributed by atoms with E-state index >= 15 is 0 Å². The molecule has 0 amide bonds. The standard InChI is InChI=1S/C12H12ClN3/c1-8-4-2-3-5-10(8)16-11-6-12(13)15-7-9(11)14/h2-7H,14H2,1H3,(H,15,16). The number of nitrogens with zero attached hydrogens (tertiary/aromatic N) is 1. The minimum absolute atomic E-state index is 0.422. The Bertz CT molecular complexity index is 511. The summed E-state index contributed by atoms with van der Waals surface area (Å²) in [7, 11) is 0. The van der Waals surface area contributed by atoms with Gasteiger partial charge in [-0.1, -0.05) is 29.8 Å². The molecule has 0 radical (unpaired) electrons. The van der Waals surface area contributed by atoms with Gasteiger partial charge < -0.3 is 11.1 Å². The van der Waals surface area contributed by atoms with Gasteiger partial charge in [0.1, 0.15) is 5.15 Å². The molecule has 0 bridgehead atoms. The van der Waals surface area contributed by atoms with Crippen LogP contribution < -0.4 is 11.1 Å². The molecule has 0 fully saturated rings. The minimum Gasteiger partial charge on any atom is -0.396 e. The van der Waals surface area contributed by atoms with Gasteiger partial charge in [-0.15, -0.1) is 0 Å². The first kappa shape index (κ1) is 10.8. The van der Waals surface area contributed by atoms with E-state index in [2.05, 4.69) is 10.3 Å². The van der Waals surface area contributed by atoms with E-state index in [4.69, 9.17) is 17.3 Å². The molecule has 0 aliphatic rings. The van der Waals surface area contributed by atoms with Crippen LogP contribution in [0.3, 0.4) is 0 Å². The second-order valence-electron chi connectivity index (χ2n) is 3.53. The second kappa shape index (κ2) is 4.41. The Labute approximate surface area is 99.3 Å². The van der Waals surface area contributed by atoms with Crippen molar-refractivity contribution in [1.82, 2.24) is 4.98 Å². The number of hydrogen-bond acceptors (Lipinski definition) is 3. The molecule has 3 N–H and O–H groups in total. The maximum absolute atomic E-state index is 5.82. The largest absolute Gasteiger partial charge is 0.396 e. The van der Waals surface area contributed by atoms with Gasteiger partial charge in [0, 0.05) is 11.8 Å². The van der Waals surface area contributed by atoms with E-state index in [1.54, 1.807) is 12.3 Å². The van der Waals surface area contributed by atoms with Gasteiger partial charge in [-0.25, -0.2) is 4.98 Å². The van der Waals surface area contributed by atoms with Crippen molar-refractivity contribution in [2.24, 2.45) is 0 Å². The van der Waals surface area contributed by atoms with Gasteiger partial charge in [0.25, 0.3) is 0 Å². The monoisotopic (exact) mass is 233 g/mol. The molecule has 16 heavy (non-hydrogen) atoms. The number of pyridine rings is 1. The molecule has 0 atom stereocenters. The number of rotatable bonds is 2. The lowest BCUT2D eigenvalue weighted by Crippen LogP contribution is -1.98. The van der Waals surface area contributed by atoms with Gasteiger partial charge in [0.15, 0.2) is 0 Å². The Morgan fingerprint density at radius 3 is 2.75 bits per heavy atom. The van der Waals surface area contributed by atoms with Crippen LogP contribution in [0.4, 0.5) is 17.1 Å². The molecule has 2 aromatic rings. The van der Waals surface area contributed by atoms with Crippen LogP contribution in [0.1, 0.15) is 5.56 Å². The highest BCUT2D eigenvalue weighted by molar-refractivity contribution is 6.29. The fourth-order valence-corrected chi connectivity index (χ4v) is 1.56. The highest BCUT2D eigenvalue weighted by Gasteiger charge is 2.03. The molecule has 0 saturated carbocycles. The topological polar surface area (TPSA) is 50.9 Å². The first-order valence-corrected chi connectivity index (χ1v) is 5.28. The number of aromatic nitrogens is 1. The summed E-state index contributed by atoms with van der Waals surface area (Å²) in [6.45, 7) is 2.03. The molecule has 4 heteroatoms. The van der Waals surface area contributed by atoms with Crippen LogP contribution in [0.5, 0.6) is 0 Å². The van der Waals surface area contributed by atoms with Crippen molar-refractivity contribution in [2.45, 2.75) is 6.92 Å². The van der Waals surface area contributed by atoms with Crippen LogP contribution in [0.2, 0.25) is 5.15 Å². The third-order valence-electron chi connectivity index (χ3n) is 2.32. The van der Waals surface area contributed by atoms with Crippen molar-refractivity contribution in [2.75, 3.05) is 11.1 Å². The molecule has 0 saturated heterocycles. The summed E-state index contributed by atoms with van der Waals surface area (Å²) in [5.41, 5.74) is 9.31. The van der Waals surface area contributed by atoms with Gasteiger partial charge in [0.05, 0.1) is 17.6 Å². The molecule has 1 aromatic carbocycles. The SMILES string of the molecule is Cc1ccccc1Nc1cc(Cl)ncc1N. The summed E-state index contributed by atoms with van der Waals surface area (Å²) in [4.78, 5) is 3.90. The molecule has 0 aliphatic heterocycles. The lowest BCUT2D eigenvalue weighted by atomic mass is 10.2. The highest BCUT2D eigenvalue weighted by atomic mass is 35.5. The number of para-hydroxylation sites is 1. The zero-order valence-electron chi connectivity index (χ0n) is 8.87. The third-order valence-corrected chi connectivity index (χ3v) is 2.52. The molecule has 1 heterocycles. The number of nitrogens with two attached hydrogens (primary N) is 1. The minimum atomic E-state index is 0.422. The molecule has 2 rings (SSSR count). The third kappa shape index (κ3) is 2.25. The lowest BCUT2D eigenvalue weighted by molar-refractivity contribution is 1.32. The van der Waals surface area contributed by atoms with Crippen molar-refractivity contribution >= 4 is 28.7 Å². The van der Waals surface area contributed by atoms with Gasteiger partial charge >= 0.3 is 0 Å². The normalized spacial score (nSPS) is 10.1. The number of nitrogen functional groups attached to an aromatic ring is 1. The average Bonchev–Trinajstić information content (AvgIpc) is 2.27. The van der Waals surface area contributed by atoms with E-state index in [0.29, 0.717) is 10.8 Å². The molecule has 0 spiro atoms. The molecular weight excluding hydrogens is 222 g/mol. The second-order valence-corrected chi connectivity index (χ2v) is 3.92. The van der Waals surface area contributed by atoms with Gasteiger partial charge in [-0.05, 0) is 18.6 Å². The summed E-state index contributed by atoms with van der Waals surface area (Å²) in [5, 5.41) is 3.65. The van der Waals surface area contributed by atoms with Crippen molar-refractivity contribution in [3.05, 3.63) is 47.2 Å². The fraction of sp³-hybridized carbons (Fsp3) is 0.0833. The number of anilines is 3. The van der Waals surface area contributed by atoms with Crippen molar-refractivity contribution in [3.63, 3.8) is 0 Å².